The molecule has 2 heterocycles. The van der Waals surface area contributed by atoms with E-state index < -0.39 is 0 Å². The van der Waals surface area contributed by atoms with E-state index in [0.29, 0.717) is 13.2 Å². The van der Waals surface area contributed by atoms with Crippen molar-refractivity contribution in [1.82, 2.24) is 10.2 Å². The van der Waals surface area contributed by atoms with Crippen molar-refractivity contribution in [1.29, 1.82) is 0 Å². The van der Waals surface area contributed by atoms with Crippen LogP contribution in [0.5, 0.6) is 0 Å². The zero-order valence-electron chi connectivity index (χ0n) is 12.5. The molecular weight excluding hydrogens is 276 g/mol. The maximum atomic E-state index is 12.1. The highest BCUT2D eigenvalue weighted by Crippen LogP contribution is 2.22. The SMILES string of the molecule is O=C1N[C@@H]2COC[C@H]1CN(Cc1cccc3ccccc13)C2. The van der Waals surface area contributed by atoms with Gasteiger partial charge < -0.3 is 10.1 Å². The predicted octanol–water partition coefficient (Wildman–Crippen LogP) is 1.79. The van der Waals surface area contributed by atoms with E-state index in [1.54, 1.807) is 0 Å². The van der Waals surface area contributed by atoms with E-state index in [0.717, 1.165) is 19.6 Å². The first-order valence-corrected chi connectivity index (χ1v) is 7.87. The van der Waals surface area contributed by atoms with E-state index >= 15 is 0 Å². The quantitative estimate of drug-likeness (QED) is 0.918. The summed E-state index contributed by atoms with van der Waals surface area (Å²) in [6, 6.07) is 15.0. The number of hydrogen-bond donors (Lipinski definition) is 1. The van der Waals surface area contributed by atoms with Gasteiger partial charge in [-0.25, -0.2) is 0 Å². The van der Waals surface area contributed by atoms with Crippen molar-refractivity contribution in [3.8, 4) is 0 Å². The Balaban J connectivity index is 1.61. The van der Waals surface area contributed by atoms with E-state index in [1.165, 1.54) is 16.3 Å². The Morgan fingerprint density at radius 3 is 2.91 bits per heavy atom. The summed E-state index contributed by atoms with van der Waals surface area (Å²) in [6.45, 7) is 3.66. The second kappa shape index (κ2) is 5.71. The topological polar surface area (TPSA) is 41.6 Å². The summed E-state index contributed by atoms with van der Waals surface area (Å²) in [5.41, 5.74) is 1.33. The van der Waals surface area contributed by atoms with Crippen LogP contribution in [0.1, 0.15) is 5.56 Å². The molecule has 2 fully saturated rings. The Morgan fingerprint density at radius 1 is 1.09 bits per heavy atom. The van der Waals surface area contributed by atoms with Crippen molar-refractivity contribution in [2.75, 3.05) is 26.3 Å². The Bertz CT molecular complexity index is 695. The highest BCUT2D eigenvalue weighted by atomic mass is 16.5. The van der Waals surface area contributed by atoms with Crippen LogP contribution in [-0.4, -0.2) is 43.2 Å². The Kier molecular flexibility index (Phi) is 3.56. The van der Waals surface area contributed by atoms with Crippen molar-refractivity contribution in [2.45, 2.75) is 12.6 Å². The molecule has 1 N–H and O–H groups in total. The summed E-state index contributed by atoms with van der Waals surface area (Å²) < 4.78 is 5.59. The molecule has 0 radical (unpaired) electrons. The fourth-order valence-electron chi connectivity index (χ4n) is 3.52. The third-order valence-electron chi connectivity index (χ3n) is 4.59. The normalized spacial score (nSPS) is 25.7. The lowest BCUT2D eigenvalue weighted by atomic mass is 10.0. The van der Waals surface area contributed by atoms with Gasteiger partial charge in [-0.1, -0.05) is 42.5 Å². The van der Waals surface area contributed by atoms with Gasteiger partial charge in [0.05, 0.1) is 25.2 Å². The summed E-state index contributed by atoms with van der Waals surface area (Å²) in [4.78, 5) is 14.5. The molecule has 114 valence electrons. The van der Waals surface area contributed by atoms with Gasteiger partial charge in [0.15, 0.2) is 0 Å². The van der Waals surface area contributed by atoms with Gasteiger partial charge in [-0.05, 0) is 16.3 Å². The molecule has 22 heavy (non-hydrogen) atoms. The van der Waals surface area contributed by atoms with Gasteiger partial charge in [-0.3, -0.25) is 9.69 Å². The van der Waals surface area contributed by atoms with Crippen molar-refractivity contribution in [2.24, 2.45) is 5.92 Å². The molecule has 2 aromatic carbocycles. The van der Waals surface area contributed by atoms with Crippen LogP contribution >= 0.6 is 0 Å². The van der Waals surface area contributed by atoms with Gasteiger partial charge in [0.1, 0.15) is 0 Å². The largest absolute Gasteiger partial charge is 0.378 e. The molecule has 1 amide bonds. The molecule has 2 aliphatic heterocycles. The third-order valence-corrected chi connectivity index (χ3v) is 4.59. The molecule has 0 aromatic heterocycles. The molecule has 2 atom stereocenters. The minimum atomic E-state index is -0.0533. The lowest BCUT2D eigenvalue weighted by molar-refractivity contribution is -0.125. The molecule has 2 bridgehead atoms. The number of carbonyl (C=O) groups excluding carboxylic acids is 1. The van der Waals surface area contributed by atoms with E-state index in [2.05, 4.69) is 52.7 Å². The predicted molar refractivity (Wildman–Crippen MR) is 85.5 cm³/mol. The molecule has 0 saturated carbocycles. The first kappa shape index (κ1) is 13.7. The number of nitrogens with zero attached hydrogens (tertiary/aromatic N) is 1. The van der Waals surface area contributed by atoms with Gasteiger partial charge >= 0.3 is 0 Å². The highest BCUT2D eigenvalue weighted by Gasteiger charge is 2.33. The van der Waals surface area contributed by atoms with Gasteiger partial charge in [0, 0.05) is 19.6 Å². The minimum absolute atomic E-state index is 0.0533. The zero-order valence-corrected chi connectivity index (χ0v) is 12.5. The molecule has 0 unspecified atom stereocenters. The van der Waals surface area contributed by atoms with Crippen LogP contribution < -0.4 is 5.32 Å². The number of amides is 1. The molecule has 0 aliphatic carbocycles. The van der Waals surface area contributed by atoms with Crippen LogP contribution in [0.25, 0.3) is 10.8 Å². The first-order valence-electron chi connectivity index (χ1n) is 7.87. The number of ether oxygens (including phenoxy) is 1. The minimum Gasteiger partial charge on any atom is -0.378 e. The standard InChI is InChI=1S/C18H20N2O2/c21-18-15-9-20(10-16(19-18)12-22-11-15)8-14-6-3-5-13-4-1-2-7-17(13)14/h1-7,15-16H,8-12H2,(H,19,21)/t15-,16+/m1/s1. The fraction of sp³-hybridized carbons (Fsp3) is 0.389. The van der Waals surface area contributed by atoms with Crippen LogP contribution in [0.3, 0.4) is 0 Å². The highest BCUT2D eigenvalue weighted by molar-refractivity contribution is 5.85. The smallest absolute Gasteiger partial charge is 0.227 e. The van der Waals surface area contributed by atoms with Crippen LogP contribution in [0.2, 0.25) is 0 Å². The third kappa shape index (κ3) is 2.60. The van der Waals surface area contributed by atoms with E-state index in [1.807, 2.05) is 0 Å². The van der Waals surface area contributed by atoms with Gasteiger partial charge in [-0.2, -0.15) is 0 Å². The van der Waals surface area contributed by atoms with Crippen LogP contribution in [0.4, 0.5) is 0 Å². The second-order valence-electron chi connectivity index (χ2n) is 6.27. The Labute approximate surface area is 130 Å². The van der Waals surface area contributed by atoms with Crippen molar-refractivity contribution >= 4 is 16.7 Å². The van der Waals surface area contributed by atoms with E-state index in [4.69, 9.17) is 4.74 Å². The van der Waals surface area contributed by atoms with Gasteiger partial charge in [0.2, 0.25) is 5.91 Å². The molecule has 2 saturated heterocycles. The molecule has 4 nitrogen and oxygen atoms in total. The number of fused-ring (bicyclic) bond motifs is 4. The number of carbonyl (C=O) groups is 1. The number of benzene rings is 2. The molecule has 0 spiro atoms. The average Bonchev–Trinajstić information content (AvgIpc) is 2.76. The molecule has 2 aliphatic rings. The Hall–Kier alpha value is -1.91. The first-order chi connectivity index (χ1) is 10.8. The van der Waals surface area contributed by atoms with Gasteiger partial charge in [-0.15, -0.1) is 0 Å². The summed E-state index contributed by atoms with van der Waals surface area (Å²) >= 11 is 0. The van der Waals surface area contributed by atoms with E-state index in [9.17, 15) is 4.79 Å². The van der Waals surface area contributed by atoms with E-state index in [-0.39, 0.29) is 17.9 Å². The summed E-state index contributed by atoms with van der Waals surface area (Å²) in [5, 5.41) is 5.66. The zero-order chi connectivity index (χ0) is 14.9. The Morgan fingerprint density at radius 2 is 1.95 bits per heavy atom. The van der Waals surface area contributed by atoms with Crippen molar-refractivity contribution in [3.63, 3.8) is 0 Å². The van der Waals surface area contributed by atoms with Crippen LogP contribution in [0.15, 0.2) is 42.5 Å². The number of hydrogen-bond acceptors (Lipinski definition) is 3. The van der Waals surface area contributed by atoms with Crippen molar-refractivity contribution < 1.29 is 9.53 Å². The lowest BCUT2D eigenvalue weighted by Crippen LogP contribution is -2.41. The van der Waals surface area contributed by atoms with Gasteiger partial charge in [0.25, 0.3) is 0 Å². The summed E-state index contributed by atoms with van der Waals surface area (Å²) in [5.74, 6) is 0.0883. The summed E-state index contributed by atoms with van der Waals surface area (Å²) in [7, 11) is 0. The maximum absolute atomic E-state index is 12.1. The van der Waals surface area contributed by atoms with Crippen molar-refractivity contribution in [3.05, 3.63) is 48.0 Å². The molecule has 2 aromatic rings. The number of rotatable bonds is 2. The average molecular weight is 296 g/mol. The molecule has 4 rings (SSSR count). The lowest BCUT2D eigenvalue weighted by Gasteiger charge is -2.27. The van der Waals surface area contributed by atoms with Crippen LogP contribution in [0, 0.1) is 5.92 Å². The molecular formula is C18H20N2O2. The second-order valence-corrected chi connectivity index (χ2v) is 6.27. The summed E-state index contributed by atoms with van der Waals surface area (Å²) in [6.07, 6.45) is 0. The molecule has 4 heteroatoms. The van der Waals surface area contributed by atoms with Crippen LogP contribution in [-0.2, 0) is 16.1 Å². The monoisotopic (exact) mass is 296 g/mol. The number of nitrogens with one attached hydrogen (secondary N) is 1. The maximum Gasteiger partial charge on any atom is 0.227 e. The fourth-order valence-corrected chi connectivity index (χ4v) is 3.52.